The zero-order valence-corrected chi connectivity index (χ0v) is 12.8. The zero-order valence-electron chi connectivity index (χ0n) is 12.8. The number of hydrogen-bond acceptors (Lipinski definition) is 2. The highest BCUT2D eigenvalue weighted by atomic mass is 16.4. The van der Waals surface area contributed by atoms with Crippen LogP contribution in [0.2, 0.25) is 0 Å². The Labute approximate surface area is 126 Å². The van der Waals surface area contributed by atoms with E-state index >= 15 is 0 Å². The molecule has 0 atom stereocenters. The van der Waals surface area contributed by atoms with Crippen LogP contribution in [0, 0.1) is 6.92 Å². The summed E-state index contributed by atoms with van der Waals surface area (Å²) in [4.78, 5) is 24.5. The van der Waals surface area contributed by atoms with Crippen molar-refractivity contribution < 1.29 is 14.7 Å². The van der Waals surface area contributed by atoms with E-state index in [1.54, 1.807) is 0 Å². The molecule has 2 N–H and O–H groups in total. The van der Waals surface area contributed by atoms with Crippen molar-refractivity contribution in [1.82, 2.24) is 5.32 Å². The molecule has 0 aliphatic carbocycles. The molecule has 0 heterocycles. The Morgan fingerprint density at radius 2 is 1.86 bits per heavy atom. The van der Waals surface area contributed by atoms with Crippen molar-refractivity contribution in [2.24, 2.45) is 0 Å². The summed E-state index contributed by atoms with van der Waals surface area (Å²) in [7, 11) is 0. The van der Waals surface area contributed by atoms with Gasteiger partial charge >= 0.3 is 12.0 Å². The first-order valence-corrected chi connectivity index (χ1v) is 7.38. The lowest BCUT2D eigenvalue weighted by molar-refractivity contribution is -0.136. The molecule has 0 saturated carbocycles. The van der Waals surface area contributed by atoms with Crippen molar-refractivity contribution in [3.63, 3.8) is 0 Å². The molecule has 116 valence electrons. The molecular weight excluding hydrogens is 268 g/mol. The number of carboxylic acids is 1. The summed E-state index contributed by atoms with van der Waals surface area (Å²) >= 11 is 0. The van der Waals surface area contributed by atoms with E-state index in [2.05, 4.69) is 12.2 Å². The molecule has 1 rings (SSSR count). The number of unbranched alkanes of at least 4 members (excludes halogenated alkanes) is 2. The van der Waals surface area contributed by atoms with E-state index in [1.165, 1.54) is 4.90 Å². The van der Waals surface area contributed by atoms with Crippen LogP contribution in [0.5, 0.6) is 0 Å². The van der Waals surface area contributed by atoms with Gasteiger partial charge in [-0.15, -0.1) is 0 Å². The molecule has 0 radical (unpaired) electrons. The van der Waals surface area contributed by atoms with Crippen LogP contribution in [-0.2, 0) is 4.79 Å². The van der Waals surface area contributed by atoms with Gasteiger partial charge in [0.15, 0.2) is 0 Å². The Balaban J connectivity index is 2.69. The third-order valence-electron chi connectivity index (χ3n) is 3.20. The predicted molar refractivity (Wildman–Crippen MR) is 83.7 cm³/mol. The number of hydrogen-bond donors (Lipinski definition) is 2. The molecule has 2 amide bonds. The van der Waals surface area contributed by atoms with Crippen LogP contribution < -0.4 is 10.2 Å². The number of carbonyl (C=O) groups excluding carboxylic acids is 1. The summed E-state index contributed by atoms with van der Waals surface area (Å²) in [5.41, 5.74) is 1.81. The Kier molecular flexibility index (Phi) is 7.29. The zero-order chi connectivity index (χ0) is 15.7. The first-order valence-electron chi connectivity index (χ1n) is 7.38. The van der Waals surface area contributed by atoms with Crippen molar-refractivity contribution in [2.45, 2.75) is 39.5 Å². The van der Waals surface area contributed by atoms with Crippen LogP contribution in [0.25, 0.3) is 0 Å². The minimum Gasteiger partial charge on any atom is -0.481 e. The standard InChI is InChI=1S/C16H24N2O3/c1-3-4-5-11-17-16(21)18(12-10-15(19)20)14-8-6-13(2)7-9-14/h6-9H,3-5,10-12H2,1-2H3,(H,17,21)(H,19,20). The number of nitrogens with zero attached hydrogens (tertiary/aromatic N) is 1. The van der Waals surface area contributed by atoms with Crippen LogP contribution in [0.3, 0.4) is 0 Å². The Morgan fingerprint density at radius 3 is 2.43 bits per heavy atom. The highest BCUT2D eigenvalue weighted by molar-refractivity contribution is 5.92. The highest BCUT2D eigenvalue weighted by Gasteiger charge is 2.16. The van der Waals surface area contributed by atoms with E-state index in [1.807, 2.05) is 31.2 Å². The minimum atomic E-state index is -0.911. The lowest BCUT2D eigenvalue weighted by Crippen LogP contribution is -2.41. The monoisotopic (exact) mass is 292 g/mol. The van der Waals surface area contributed by atoms with Crippen molar-refractivity contribution in [3.05, 3.63) is 29.8 Å². The largest absolute Gasteiger partial charge is 0.481 e. The van der Waals surface area contributed by atoms with Gasteiger partial charge in [-0.05, 0) is 25.5 Å². The summed E-state index contributed by atoms with van der Waals surface area (Å²) in [5.74, 6) is -0.911. The predicted octanol–water partition coefficient (Wildman–Crippen LogP) is 3.18. The Hall–Kier alpha value is -2.04. The second-order valence-corrected chi connectivity index (χ2v) is 5.07. The molecule has 0 spiro atoms. The number of carbonyl (C=O) groups is 2. The number of aryl methyl sites for hydroxylation is 1. The molecular formula is C16H24N2O3. The lowest BCUT2D eigenvalue weighted by Gasteiger charge is -2.22. The van der Waals surface area contributed by atoms with Crippen molar-refractivity contribution in [2.75, 3.05) is 18.0 Å². The number of rotatable bonds is 8. The van der Waals surface area contributed by atoms with Crippen LogP contribution in [-0.4, -0.2) is 30.2 Å². The van der Waals surface area contributed by atoms with Crippen molar-refractivity contribution >= 4 is 17.7 Å². The fraction of sp³-hybridized carbons (Fsp3) is 0.500. The van der Waals surface area contributed by atoms with E-state index in [9.17, 15) is 9.59 Å². The number of anilines is 1. The highest BCUT2D eigenvalue weighted by Crippen LogP contribution is 2.15. The number of carboxylic acid groups (broad SMARTS) is 1. The molecule has 0 saturated heterocycles. The van der Waals surface area contributed by atoms with E-state index in [4.69, 9.17) is 5.11 Å². The molecule has 0 fully saturated rings. The summed E-state index contributed by atoms with van der Waals surface area (Å²) in [5, 5.41) is 11.7. The molecule has 1 aromatic carbocycles. The molecule has 5 heteroatoms. The molecule has 0 aliphatic rings. The molecule has 0 aliphatic heterocycles. The summed E-state index contributed by atoms with van der Waals surface area (Å²) in [6.07, 6.45) is 3.02. The Morgan fingerprint density at radius 1 is 1.19 bits per heavy atom. The summed E-state index contributed by atoms with van der Waals surface area (Å²) in [6, 6.07) is 7.25. The third-order valence-corrected chi connectivity index (χ3v) is 3.20. The van der Waals surface area contributed by atoms with Crippen molar-refractivity contribution in [3.8, 4) is 0 Å². The van der Waals surface area contributed by atoms with Gasteiger partial charge in [-0.1, -0.05) is 37.5 Å². The van der Waals surface area contributed by atoms with Crippen LogP contribution in [0.4, 0.5) is 10.5 Å². The van der Waals surface area contributed by atoms with Gasteiger partial charge in [0, 0.05) is 18.8 Å². The maximum absolute atomic E-state index is 12.2. The van der Waals surface area contributed by atoms with Gasteiger partial charge in [0.1, 0.15) is 0 Å². The topological polar surface area (TPSA) is 69.6 Å². The number of aliphatic carboxylic acids is 1. The molecule has 0 bridgehead atoms. The molecule has 5 nitrogen and oxygen atoms in total. The minimum absolute atomic E-state index is 0.0732. The third kappa shape index (κ3) is 6.29. The number of nitrogens with one attached hydrogen (secondary N) is 1. The normalized spacial score (nSPS) is 10.2. The number of urea groups is 1. The van der Waals surface area contributed by atoms with Crippen LogP contribution in [0.1, 0.15) is 38.2 Å². The van der Waals surface area contributed by atoms with Gasteiger partial charge < -0.3 is 10.4 Å². The average Bonchev–Trinajstić information content (AvgIpc) is 2.45. The first-order chi connectivity index (χ1) is 10.0. The summed E-state index contributed by atoms with van der Waals surface area (Å²) in [6.45, 7) is 4.85. The van der Waals surface area contributed by atoms with Gasteiger partial charge in [0.2, 0.25) is 0 Å². The van der Waals surface area contributed by atoms with Crippen molar-refractivity contribution in [1.29, 1.82) is 0 Å². The Bertz CT molecular complexity index is 457. The second-order valence-electron chi connectivity index (χ2n) is 5.07. The van der Waals surface area contributed by atoms with E-state index in [0.29, 0.717) is 6.54 Å². The van der Waals surface area contributed by atoms with Gasteiger partial charge in [-0.25, -0.2) is 4.79 Å². The van der Waals surface area contributed by atoms with E-state index in [0.717, 1.165) is 30.5 Å². The average molecular weight is 292 g/mol. The fourth-order valence-electron chi connectivity index (χ4n) is 1.95. The smallest absolute Gasteiger partial charge is 0.321 e. The maximum atomic E-state index is 12.2. The summed E-state index contributed by atoms with van der Waals surface area (Å²) < 4.78 is 0. The van der Waals surface area contributed by atoms with Crippen LogP contribution >= 0.6 is 0 Å². The molecule has 1 aromatic rings. The SMILES string of the molecule is CCCCCNC(=O)N(CCC(=O)O)c1ccc(C)cc1. The maximum Gasteiger partial charge on any atom is 0.321 e. The first kappa shape index (κ1) is 17.0. The van der Waals surface area contributed by atoms with Gasteiger partial charge in [0.25, 0.3) is 0 Å². The molecule has 21 heavy (non-hydrogen) atoms. The van der Waals surface area contributed by atoms with Gasteiger partial charge in [-0.2, -0.15) is 0 Å². The van der Waals surface area contributed by atoms with E-state index in [-0.39, 0.29) is 19.0 Å². The number of amides is 2. The quantitative estimate of drug-likeness (QED) is 0.723. The molecule has 0 unspecified atom stereocenters. The molecule has 0 aromatic heterocycles. The number of benzene rings is 1. The fourth-order valence-corrected chi connectivity index (χ4v) is 1.95. The second kappa shape index (κ2) is 9.00. The van der Waals surface area contributed by atoms with Gasteiger partial charge in [-0.3, -0.25) is 9.69 Å². The van der Waals surface area contributed by atoms with E-state index < -0.39 is 5.97 Å². The van der Waals surface area contributed by atoms with Crippen LogP contribution in [0.15, 0.2) is 24.3 Å². The lowest BCUT2D eigenvalue weighted by atomic mass is 10.2. The van der Waals surface area contributed by atoms with Gasteiger partial charge in [0.05, 0.1) is 6.42 Å².